The van der Waals surface area contributed by atoms with Crippen molar-refractivity contribution in [1.29, 1.82) is 0 Å². The molecule has 0 saturated carbocycles. The van der Waals surface area contributed by atoms with E-state index in [-0.39, 0.29) is 0 Å². The topological polar surface area (TPSA) is 33.7 Å². The van der Waals surface area contributed by atoms with Gasteiger partial charge in [-0.1, -0.05) is 12.1 Å². The third-order valence-corrected chi connectivity index (χ3v) is 3.51. The second-order valence-corrected chi connectivity index (χ2v) is 5.47. The summed E-state index contributed by atoms with van der Waals surface area (Å²) >= 11 is 0. The van der Waals surface area contributed by atoms with Crippen molar-refractivity contribution in [3.05, 3.63) is 29.8 Å². The van der Waals surface area contributed by atoms with Crippen molar-refractivity contribution in [2.24, 2.45) is 0 Å². The number of ether oxygens (including phenoxy) is 2. The van der Waals surface area contributed by atoms with E-state index in [0.717, 1.165) is 26.0 Å². The molecule has 21 heavy (non-hydrogen) atoms. The van der Waals surface area contributed by atoms with Crippen LogP contribution in [-0.4, -0.2) is 47.6 Å². The van der Waals surface area contributed by atoms with Crippen molar-refractivity contribution in [2.75, 3.05) is 52.5 Å². The van der Waals surface area contributed by atoms with Crippen molar-refractivity contribution < 1.29 is 9.47 Å². The molecule has 1 atom stereocenters. The first-order chi connectivity index (χ1) is 10.1. The van der Waals surface area contributed by atoms with E-state index in [1.165, 1.54) is 11.3 Å². The molecule has 4 heteroatoms. The zero-order chi connectivity index (χ0) is 15.5. The van der Waals surface area contributed by atoms with Gasteiger partial charge >= 0.3 is 0 Å². The van der Waals surface area contributed by atoms with Gasteiger partial charge in [-0.05, 0) is 44.0 Å². The van der Waals surface area contributed by atoms with Crippen LogP contribution < -0.4 is 10.2 Å². The Balaban J connectivity index is 2.14. The lowest BCUT2D eigenvalue weighted by Crippen LogP contribution is -2.20. The summed E-state index contributed by atoms with van der Waals surface area (Å²) in [6, 6.07) is 9.10. The molecule has 4 nitrogen and oxygen atoms in total. The molecule has 0 fully saturated rings. The van der Waals surface area contributed by atoms with E-state index >= 15 is 0 Å². The monoisotopic (exact) mass is 294 g/mol. The summed E-state index contributed by atoms with van der Waals surface area (Å²) in [6.45, 7) is 5.41. The molecule has 1 unspecified atom stereocenters. The van der Waals surface area contributed by atoms with Crippen LogP contribution in [0.2, 0.25) is 0 Å². The van der Waals surface area contributed by atoms with Gasteiger partial charge < -0.3 is 19.7 Å². The molecule has 1 rings (SSSR count). The third-order valence-electron chi connectivity index (χ3n) is 3.51. The quantitative estimate of drug-likeness (QED) is 0.636. The number of hydrogen-bond donors (Lipinski definition) is 1. The highest BCUT2D eigenvalue weighted by molar-refractivity contribution is 5.46. The van der Waals surface area contributed by atoms with Gasteiger partial charge in [0.2, 0.25) is 0 Å². The summed E-state index contributed by atoms with van der Waals surface area (Å²) in [6.07, 6.45) is 2.22. The van der Waals surface area contributed by atoms with Crippen molar-refractivity contribution in [3.8, 4) is 0 Å². The van der Waals surface area contributed by atoms with Crippen molar-refractivity contribution >= 4 is 5.69 Å². The van der Waals surface area contributed by atoms with Crippen LogP contribution in [0.4, 0.5) is 5.69 Å². The third kappa shape index (κ3) is 7.46. The number of anilines is 1. The second-order valence-electron chi connectivity index (χ2n) is 5.47. The van der Waals surface area contributed by atoms with E-state index in [0.29, 0.717) is 19.3 Å². The molecule has 0 amide bonds. The number of hydrogen-bond acceptors (Lipinski definition) is 4. The molecule has 0 spiro atoms. The van der Waals surface area contributed by atoms with Crippen LogP contribution in [0.5, 0.6) is 0 Å². The fourth-order valence-electron chi connectivity index (χ4n) is 2.07. The molecule has 1 N–H and O–H groups in total. The Bertz CT molecular complexity index is 366. The first-order valence-corrected chi connectivity index (χ1v) is 7.72. The average Bonchev–Trinajstić information content (AvgIpc) is 2.49. The van der Waals surface area contributed by atoms with Gasteiger partial charge in [0, 0.05) is 39.5 Å². The number of methoxy groups -OCH3 is 1. The molecule has 0 radical (unpaired) electrons. The highest BCUT2D eigenvalue weighted by Crippen LogP contribution is 2.17. The van der Waals surface area contributed by atoms with E-state index in [1.807, 2.05) is 0 Å². The molecule has 0 bridgehead atoms. The van der Waals surface area contributed by atoms with Crippen LogP contribution >= 0.6 is 0 Å². The lowest BCUT2D eigenvalue weighted by molar-refractivity contribution is 0.0687. The molecular formula is C17H30N2O2. The molecule has 0 saturated heterocycles. The smallest absolute Gasteiger partial charge is 0.0700 e. The van der Waals surface area contributed by atoms with Crippen LogP contribution in [0.25, 0.3) is 0 Å². The first-order valence-electron chi connectivity index (χ1n) is 7.72. The highest BCUT2D eigenvalue weighted by atomic mass is 16.5. The van der Waals surface area contributed by atoms with Crippen LogP contribution in [0, 0.1) is 0 Å². The SMILES string of the molecule is COCCOCCCCNC(C)c1ccc(N(C)C)cc1. The molecule has 0 aliphatic carbocycles. The maximum atomic E-state index is 5.44. The van der Waals surface area contributed by atoms with Gasteiger partial charge in [-0.15, -0.1) is 0 Å². The minimum absolute atomic E-state index is 0.385. The summed E-state index contributed by atoms with van der Waals surface area (Å²) in [5.74, 6) is 0. The lowest BCUT2D eigenvalue weighted by Gasteiger charge is -2.17. The number of nitrogens with one attached hydrogen (secondary N) is 1. The normalized spacial score (nSPS) is 12.4. The van der Waals surface area contributed by atoms with Gasteiger partial charge in [0.15, 0.2) is 0 Å². The molecule has 0 aliphatic heterocycles. The Kier molecular flexibility index (Phi) is 9.06. The summed E-state index contributed by atoms with van der Waals surface area (Å²) in [4.78, 5) is 2.12. The van der Waals surface area contributed by atoms with Crippen LogP contribution in [0.1, 0.15) is 31.4 Å². The zero-order valence-electron chi connectivity index (χ0n) is 13.9. The molecule has 1 aromatic rings. The zero-order valence-corrected chi connectivity index (χ0v) is 13.9. The number of unbranched alkanes of at least 4 members (excludes halogenated alkanes) is 1. The maximum Gasteiger partial charge on any atom is 0.0700 e. The van der Waals surface area contributed by atoms with E-state index < -0.39 is 0 Å². The Morgan fingerprint density at radius 2 is 1.76 bits per heavy atom. The largest absolute Gasteiger partial charge is 0.382 e. The van der Waals surface area contributed by atoms with Gasteiger partial charge in [-0.3, -0.25) is 0 Å². The van der Waals surface area contributed by atoms with Gasteiger partial charge in [0.1, 0.15) is 0 Å². The Labute approximate surface area is 129 Å². The molecule has 0 aliphatic rings. The average molecular weight is 294 g/mol. The summed E-state index contributed by atoms with van der Waals surface area (Å²) in [5.41, 5.74) is 2.57. The van der Waals surface area contributed by atoms with E-state index in [9.17, 15) is 0 Å². The predicted molar refractivity (Wildman–Crippen MR) is 89.1 cm³/mol. The maximum absolute atomic E-state index is 5.44. The van der Waals surface area contributed by atoms with E-state index in [2.05, 4.69) is 55.5 Å². The Morgan fingerprint density at radius 1 is 1.05 bits per heavy atom. The minimum atomic E-state index is 0.385. The first kappa shape index (κ1) is 18.0. The van der Waals surface area contributed by atoms with Gasteiger partial charge in [0.05, 0.1) is 13.2 Å². The van der Waals surface area contributed by atoms with Gasteiger partial charge in [-0.2, -0.15) is 0 Å². The lowest BCUT2D eigenvalue weighted by atomic mass is 10.1. The highest BCUT2D eigenvalue weighted by Gasteiger charge is 2.04. The molecular weight excluding hydrogens is 264 g/mol. The molecule has 1 aromatic carbocycles. The number of rotatable bonds is 11. The minimum Gasteiger partial charge on any atom is -0.382 e. The standard InChI is InChI=1S/C17H30N2O2/c1-15(16-7-9-17(10-8-16)19(2)3)18-11-5-6-12-21-14-13-20-4/h7-10,15,18H,5-6,11-14H2,1-4H3. The van der Waals surface area contributed by atoms with Gasteiger partial charge in [-0.25, -0.2) is 0 Å². The van der Waals surface area contributed by atoms with E-state index in [1.54, 1.807) is 7.11 Å². The molecule has 0 heterocycles. The van der Waals surface area contributed by atoms with Crippen LogP contribution in [0.3, 0.4) is 0 Å². The Hall–Kier alpha value is -1.10. The summed E-state index contributed by atoms with van der Waals surface area (Å²) in [7, 11) is 5.82. The fraction of sp³-hybridized carbons (Fsp3) is 0.647. The van der Waals surface area contributed by atoms with Crippen molar-refractivity contribution in [3.63, 3.8) is 0 Å². The van der Waals surface area contributed by atoms with Gasteiger partial charge in [0.25, 0.3) is 0 Å². The number of benzene rings is 1. The Morgan fingerprint density at radius 3 is 2.38 bits per heavy atom. The number of nitrogens with zero attached hydrogens (tertiary/aromatic N) is 1. The summed E-state index contributed by atoms with van der Waals surface area (Å²) < 4.78 is 10.4. The van der Waals surface area contributed by atoms with Crippen molar-refractivity contribution in [1.82, 2.24) is 5.32 Å². The predicted octanol–water partition coefficient (Wildman–Crippen LogP) is 2.85. The van der Waals surface area contributed by atoms with E-state index in [4.69, 9.17) is 9.47 Å². The van der Waals surface area contributed by atoms with Crippen molar-refractivity contribution in [2.45, 2.75) is 25.8 Å². The van der Waals surface area contributed by atoms with Crippen LogP contribution in [0.15, 0.2) is 24.3 Å². The second kappa shape index (κ2) is 10.6. The van der Waals surface area contributed by atoms with Crippen LogP contribution in [-0.2, 0) is 9.47 Å². The molecule has 120 valence electrons. The fourth-order valence-corrected chi connectivity index (χ4v) is 2.07. The molecule has 0 aromatic heterocycles. The summed E-state index contributed by atoms with van der Waals surface area (Å²) in [5, 5.41) is 3.56.